The van der Waals surface area contributed by atoms with Gasteiger partial charge in [-0.3, -0.25) is 0 Å². The Labute approximate surface area is 158 Å². The van der Waals surface area contributed by atoms with E-state index in [1.54, 1.807) is 24.3 Å². The third kappa shape index (κ3) is 6.30. The molecule has 0 aliphatic heterocycles. The Balaban J connectivity index is 1.96. The van der Waals surface area contributed by atoms with Gasteiger partial charge in [0.25, 0.3) is 0 Å². The predicted octanol–water partition coefficient (Wildman–Crippen LogP) is 5.07. The van der Waals surface area contributed by atoms with E-state index in [0.29, 0.717) is 35.1 Å². The minimum absolute atomic E-state index is 0.370. The SMILES string of the molecule is CC(C)(C)OC(=O)NCCc1cccc(Oc2ccc(Cl)cc2C#N)c1. The molecule has 0 aliphatic rings. The van der Waals surface area contributed by atoms with Crippen LogP contribution in [0, 0.1) is 11.3 Å². The molecule has 2 rings (SSSR count). The van der Waals surface area contributed by atoms with Crippen LogP contribution in [0.5, 0.6) is 11.5 Å². The molecule has 0 unspecified atom stereocenters. The molecule has 0 fully saturated rings. The van der Waals surface area contributed by atoms with Crippen LogP contribution in [-0.2, 0) is 11.2 Å². The molecular weight excluding hydrogens is 352 g/mol. The summed E-state index contributed by atoms with van der Waals surface area (Å²) in [5.74, 6) is 1.06. The van der Waals surface area contributed by atoms with Crippen molar-refractivity contribution in [2.24, 2.45) is 0 Å². The van der Waals surface area contributed by atoms with E-state index >= 15 is 0 Å². The highest BCUT2D eigenvalue weighted by Gasteiger charge is 2.15. The second-order valence-electron chi connectivity index (χ2n) is 6.68. The first-order valence-electron chi connectivity index (χ1n) is 8.20. The first-order valence-corrected chi connectivity index (χ1v) is 8.58. The number of nitrogens with one attached hydrogen (secondary N) is 1. The van der Waals surface area contributed by atoms with Crippen LogP contribution in [-0.4, -0.2) is 18.2 Å². The number of hydrogen-bond acceptors (Lipinski definition) is 4. The van der Waals surface area contributed by atoms with Crippen LogP contribution in [0.2, 0.25) is 5.02 Å². The zero-order chi connectivity index (χ0) is 19.2. The number of halogens is 1. The quantitative estimate of drug-likeness (QED) is 0.795. The predicted molar refractivity (Wildman–Crippen MR) is 101 cm³/mol. The van der Waals surface area contributed by atoms with E-state index in [0.717, 1.165) is 5.56 Å². The lowest BCUT2D eigenvalue weighted by atomic mass is 10.1. The highest BCUT2D eigenvalue weighted by Crippen LogP contribution is 2.28. The second-order valence-corrected chi connectivity index (χ2v) is 7.12. The summed E-state index contributed by atoms with van der Waals surface area (Å²) >= 11 is 5.90. The maximum absolute atomic E-state index is 11.7. The Bertz CT molecular complexity index is 823. The summed E-state index contributed by atoms with van der Waals surface area (Å²) in [6.45, 7) is 5.90. The largest absolute Gasteiger partial charge is 0.456 e. The van der Waals surface area contributed by atoms with Crippen LogP contribution < -0.4 is 10.1 Å². The molecule has 0 spiro atoms. The van der Waals surface area contributed by atoms with Crippen molar-refractivity contribution in [3.8, 4) is 17.6 Å². The molecule has 26 heavy (non-hydrogen) atoms. The Morgan fingerprint density at radius 3 is 2.69 bits per heavy atom. The molecule has 6 heteroatoms. The number of nitriles is 1. The molecule has 2 aromatic rings. The van der Waals surface area contributed by atoms with Crippen molar-refractivity contribution in [3.63, 3.8) is 0 Å². The van der Waals surface area contributed by atoms with Crippen molar-refractivity contribution >= 4 is 17.7 Å². The minimum atomic E-state index is -0.519. The first kappa shape index (κ1) is 19.6. The molecule has 0 atom stereocenters. The Morgan fingerprint density at radius 1 is 1.23 bits per heavy atom. The molecule has 136 valence electrons. The van der Waals surface area contributed by atoms with Gasteiger partial charge in [-0.25, -0.2) is 4.79 Å². The lowest BCUT2D eigenvalue weighted by Crippen LogP contribution is -2.33. The topological polar surface area (TPSA) is 71.3 Å². The van der Waals surface area contributed by atoms with Crippen molar-refractivity contribution in [2.45, 2.75) is 32.8 Å². The summed E-state index contributed by atoms with van der Waals surface area (Å²) < 4.78 is 11.0. The number of hydrogen-bond donors (Lipinski definition) is 1. The molecule has 1 N–H and O–H groups in total. The standard InChI is InChI=1S/C20H21ClN2O3/c1-20(2,3)26-19(24)23-10-9-14-5-4-6-17(11-14)25-18-8-7-16(21)12-15(18)13-22/h4-8,11-12H,9-10H2,1-3H3,(H,23,24). The number of carbonyl (C=O) groups excluding carboxylic acids is 1. The average Bonchev–Trinajstić information content (AvgIpc) is 2.55. The normalized spacial score (nSPS) is 10.7. The summed E-state index contributed by atoms with van der Waals surface area (Å²) in [4.78, 5) is 11.7. The second kappa shape index (κ2) is 8.59. The number of amides is 1. The van der Waals surface area contributed by atoms with E-state index in [4.69, 9.17) is 21.1 Å². The van der Waals surface area contributed by atoms with Gasteiger partial charge in [-0.2, -0.15) is 5.26 Å². The van der Waals surface area contributed by atoms with Crippen LogP contribution in [0.4, 0.5) is 4.79 Å². The first-order chi connectivity index (χ1) is 12.3. The van der Waals surface area contributed by atoms with Crippen LogP contribution in [0.1, 0.15) is 31.9 Å². The van der Waals surface area contributed by atoms with E-state index < -0.39 is 11.7 Å². The van der Waals surface area contributed by atoms with Gasteiger partial charge in [-0.1, -0.05) is 23.7 Å². The van der Waals surface area contributed by atoms with Gasteiger partial charge in [0.2, 0.25) is 0 Å². The number of nitrogens with zero attached hydrogens (tertiary/aromatic N) is 1. The van der Waals surface area contributed by atoms with Crippen LogP contribution >= 0.6 is 11.6 Å². The van der Waals surface area contributed by atoms with E-state index in [2.05, 4.69) is 11.4 Å². The van der Waals surface area contributed by atoms with Crippen molar-refractivity contribution in [3.05, 3.63) is 58.6 Å². The monoisotopic (exact) mass is 372 g/mol. The van der Waals surface area contributed by atoms with Gasteiger partial charge in [0.05, 0.1) is 5.56 Å². The minimum Gasteiger partial charge on any atom is -0.456 e. The molecule has 0 bridgehead atoms. The smallest absolute Gasteiger partial charge is 0.407 e. The highest BCUT2D eigenvalue weighted by molar-refractivity contribution is 6.30. The maximum Gasteiger partial charge on any atom is 0.407 e. The molecule has 0 saturated heterocycles. The van der Waals surface area contributed by atoms with Crippen molar-refractivity contribution in [1.29, 1.82) is 5.26 Å². The third-order valence-electron chi connectivity index (χ3n) is 3.27. The van der Waals surface area contributed by atoms with Gasteiger partial charge in [0.15, 0.2) is 0 Å². The lowest BCUT2D eigenvalue weighted by molar-refractivity contribution is 0.0528. The number of rotatable bonds is 5. The lowest BCUT2D eigenvalue weighted by Gasteiger charge is -2.19. The fraction of sp³-hybridized carbons (Fsp3) is 0.300. The summed E-state index contributed by atoms with van der Waals surface area (Å²) in [6.07, 6.45) is 0.187. The number of carbonyl (C=O) groups is 1. The molecule has 0 radical (unpaired) electrons. The van der Waals surface area contributed by atoms with Crippen molar-refractivity contribution < 1.29 is 14.3 Å². The van der Waals surface area contributed by atoms with Crippen LogP contribution in [0.3, 0.4) is 0 Å². The molecule has 1 amide bonds. The average molecular weight is 373 g/mol. The van der Waals surface area contributed by atoms with Gasteiger partial charge in [-0.05, 0) is 63.1 Å². The summed E-state index contributed by atoms with van der Waals surface area (Å²) in [5, 5.41) is 12.4. The van der Waals surface area contributed by atoms with E-state index in [1.807, 2.05) is 39.0 Å². The summed E-state index contributed by atoms with van der Waals surface area (Å²) in [6, 6.07) is 14.4. The maximum atomic E-state index is 11.7. The van der Waals surface area contributed by atoms with Gasteiger partial charge in [0, 0.05) is 11.6 Å². The molecule has 0 saturated carbocycles. The Hall–Kier alpha value is -2.71. The van der Waals surface area contributed by atoms with Crippen molar-refractivity contribution in [1.82, 2.24) is 5.32 Å². The third-order valence-corrected chi connectivity index (χ3v) is 3.51. The Morgan fingerprint density at radius 2 is 2.00 bits per heavy atom. The van der Waals surface area contributed by atoms with E-state index in [9.17, 15) is 10.1 Å². The molecule has 0 aliphatic carbocycles. The molecule has 5 nitrogen and oxygen atoms in total. The summed E-state index contributed by atoms with van der Waals surface area (Å²) in [7, 11) is 0. The molecule has 0 heterocycles. The number of benzene rings is 2. The fourth-order valence-corrected chi connectivity index (χ4v) is 2.37. The van der Waals surface area contributed by atoms with E-state index in [-0.39, 0.29) is 0 Å². The highest BCUT2D eigenvalue weighted by atomic mass is 35.5. The zero-order valence-corrected chi connectivity index (χ0v) is 15.8. The van der Waals surface area contributed by atoms with Crippen molar-refractivity contribution in [2.75, 3.05) is 6.54 Å². The van der Waals surface area contributed by atoms with Gasteiger partial charge < -0.3 is 14.8 Å². The fourth-order valence-electron chi connectivity index (χ4n) is 2.19. The van der Waals surface area contributed by atoms with Gasteiger partial charge in [0.1, 0.15) is 23.2 Å². The van der Waals surface area contributed by atoms with E-state index in [1.165, 1.54) is 0 Å². The number of ether oxygens (including phenoxy) is 2. The molecule has 0 aromatic heterocycles. The molecular formula is C20H21ClN2O3. The van der Waals surface area contributed by atoms with Gasteiger partial charge in [-0.15, -0.1) is 0 Å². The van der Waals surface area contributed by atoms with Crippen LogP contribution in [0.25, 0.3) is 0 Å². The molecule has 2 aromatic carbocycles. The van der Waals surface area contributed by atoms with Gasteiger partial charge >= 0.3 is 6.09 Å². The summed E-state index contributed by atoms with van der Waals surface area (Å²) in [5.41, 5.74) is 0.843. The Kier molecular flexibility index (Phi) is 6.48. The number of alkyl carbamates (subject to hydrolysis) is 1. The van der Waals surface area contributed by atoms with Crippen LogP contribution in [0.15, 0.2) is 42.5 Å². The zero-order valence-electron chi connectivity index (χ0n) is 15.0.